The molecule has 0 aliphatic rings. The summed E-state index contributed by atoms with van der Waals surface area (Å²) in [5.74, 6) is 1.80. The van der Waals surface area contributed by atoms with Crippen LogP contribution in [-0.4, -0.2) is 24.5 Å². The number of amides is 1. The lowest BCUT2D eigenvalue weighted by molar-refractivity contribution is 0.0952. The molecular formula is C23H21ClN2O3. The molecule has 2 heterocycles. The van der Waals surface area contributed by atoms with Gasteiger partial charge in [-0.25, -0.2) is 0 Å². The van der Waals surface area contributed by atoms with Gasteiger partial charge in [0.05, 0.1) is 17.7 Å². The molecule has 2 N–H and O–H groups in total. The van der Waals surface area contributed by atoms with E-state index in [0.29, 0.717) is 35.1 Å². The van der Waals surface area contributed by atoms with E-state index in [1.165, 1.54) is 0 Å². The van der Waals surface area contributed by atoms with E-state index < -0.39 is 0 Å². The summed E-state index contributed by atoms with van der Waals surface area (Å²) in [5, 5.41) is 4.69. The van der Waals surface area contributed by atoms with Crippen LogP contribution in [0.4, 0.5) is 0 Å². The molecule has 0 saturated carbocycles. The normalized spacial score (nSPS) is 11.0. The second-order valence-corrected chi connectivity index (χ2v) is 7.20. The van der Waals surface area contributed by atoms with Crippen LogP contribution in [0.5, 0.6) is 5.75 Å². The molecule has 0 unspecified atom stereocenters. The minimum Gasteiger partial charge on any atom is -0.497 e. The van der Waals surface area contributed by atoms with Crippen LogP contribution in [-0.2, 0) is 6.42 Å². The average molecular weight is 409 g/mol. The van der Waals surface area contributed by atoms with E-state index in [-0.39, 0.29) is 5.91 Å². The van der Waals surface area contributed by atoms with Gasteiger partial charge < -0.3 is 19.5 Å². The van der Waals surface area contributed by atoms with Gasteiger partial charge in [-0.1, -0.05) is 23.7 Å². The van der Waals surface area contributed by atoms with E-state index in [1.54, 1.807) is 26.2 Å². The molecule has 0 atom stereocenters. The van der Waals surface area contributed by atoms with E-state index in [2.05, 4.69) is 10.3 Å². The number of fused-ring (bicyclic) bond motifs is 1. The topological polar surface area (TPSA) is 67.3 Å². The highest BCUT2D eigenvalue weighted by Crippen LogP contribution is 2.31. The standard InChI is InChI=1S/C23H21ClN2O3/c1-14-19(12-22(29-14)18-5-3-4-6-20(18)24)23(27)25-10-9-15-13-26-21-11-16(28-2)7-8-17(15)21/h3-8,11-13,26H,9-10H2,1-2H3,(H,25,27). The van der Waals surface area contributed by atoms with Crippen LogP contribution in [0.15, 0.2) is 59.1 Å². The molecule has 29 heavy (non-hydrogen) atoms. The molecule has 0 bridgehead atoms. The van der Waals surface area contributed by atoms with Gasteiger partial charge in [0.15, 0.2) is 0 Å². The molecule has 2 aromatic heterocycles. The number of carbonyl (C=O) groups is 1. The zero-order chi connectivity index (χ0) is 20.4. The maximum absolute atomic E-state index is 12.6. The van der Waals surface area contributed by atoms with Crippen LogP contribution in [0.2, 0.25) is 5.02 Å². The molecule has 2 aromatic carbocycles. The minimum atomic E-state index is -0.161. The van der Waals surface area contributed by atoms with E-state index in [9.17, 15) is 4.79 Å². The largest absolute Gasteiger partial charge is 0.497 e. The van der Waals surface area contributed by atoms with Gasteiger partial charge >= 0.3 is 0 Å². The van der Waals surface area contributed by atoms with E-state index in [4.69, 9.17) is 20.8 Å². The molecular weight excluding hydrogens is 388 g/mol. The highest BCUT2D eigenvalue weighted by molar-refractivity contribution is 6.33. The molecule has 0 aliphatic heterocycles. The van der Waals surface area contributed by atoms with Crippen molar-refractivity contribution in [1.82, 2.24) is 10.3 Å². The molecule has 4 rings (SSSR count). The molecule has 0 fully saturated rings. The number of ether oxygens (including phenoxy) is 1. The van der Waals surface area contributed by atoms with Crippen LogP contribution in [0.3, 0.4) is 0 Å². The van der Waals surface area contributed by atoms with Gasteiger partial charge in [-0.05, 0) is 49.2 Å². The van der Waals surface area contributed by atoms with E-state index >= 15 is 0 Å². The minimum absolute atomic E-state index is 0.161. The molecule has 0 saturated heterocycles. The van der Waals surface area contributed by atoms with Crippen molar-refractivity contribution < 1.29 is 13.9 Å². The lowest BCUT2D eigenvalue weighted by Gasteiger charge is -2.04. The van der Waals surface area contributed by atoms with E-state index in [0.717, 1.165) is 27.8 Å². The summed E-state index contributed by atoms with van der Waals surface area (Å²) in [5.41, 5.74) is 3.44. The van der Waals surface area contributed by atoms with Gasteiger partial charge in [-0.15, -0.1) is 0 Å². The molecule has 4 aromatic rings. The van der Waals surface area contributed by atoms with Crippen LogP contribution in [0.1, 0.15) is 21.7 Å². The number of methoxy groups -OCH3 is 1. The van der Waals surface area contributed by atoms with Gasteiger partial charge in [0, 0.05) is 35.3 Å². The zero-order valence-electron chi connectivity index (χ0n) is 16.2. The summed E-state index contributed by atoms with van der Waals surface area (Å²) in [6, 6.07) is 15.1. The van der Waals surface area contributed by atoms with Crippen molar-refractivity contribution in [3.8, 4) is 17.1 Å². The molecule has 1 amide bonds. The summed E-state index contributed by atoms with van der Waals surface area (Å²) < 4.78 is 11.0. The number of H-pyrrole nitrogens is 1. The Kier molecular flexibility index (Phi) is 5.32. The monoisotopic (exact) mass is 408 g/mol. The number of halogens is 1. The molecule has 0 aliphatic carbocycles. The average Bonchev–Trinajstić information content (AvgIpc) is 3.31. The van der Waals surface area contributed by atoms with Crippen molar-refractivity contribution in [1.29, 1.82) is 0 Å². The molecule has 0 radical (unpaired) electrons. The lowest BCUT2D eigenvalue weighted by atomic mass is 10.1. The van der Waals surface area contributed by atoms with Crippen molar-refractivity contribution in [2.24, 2.45) is 0 Å². The Hall–Kier alpha value is -3.18. The van der Waals surface area contributed by atoms with Crippen LogP contribution >= 0.6 is 11.6 Å². The van der Waals surface area contributed by atoms with Crippen LogP contribution in [0.25, 0.3) is 22.2 Å². The predicted molar refractivity (Wildman–Crippen MR) is 115 cm³/mol. The van der Waals surface area contributed by atoms with Crippen molar-refractivity contribution in [2.75, 3.05) is 13.7 Å². The fourth-order valence-corrected chi connectivity index (χ4v) is 3.64. The number of aromatic nitrogens is 1. The van der Waals surface area contributed by atoms with Gasteiger partial charge in [0.2, 0.25) is 0 Å². The Balaban J connectivity index is 1.44. The first kappa shape index (κ1) is 19.2. The van der Waals surface area contributed by atoms with E-state index in [1.807, 2.05) is 42.6 Å². The number of hydrogen-bond donors (Lipinski definition) is 2. The molecule has 148 valence electrons. The summed E-state index contributed by atoms with van der Waals surface area (Å²) in [6.07, 6.45) is 2.68. The maximum Gasteiger partial charge on any atom is 0.254 e. The maximum atomic E-state index is 12.6. The third-order valence-corrected chi connectivity index (χ3v) is 5.29. The zero-order valence-corrected chi connectivity index (χ0v) is 17.0. The van der Waals surface area contributed by atoms with Gasteiger partial charge in [0.1, 0.15) is 17.3 Å². The Morgan fingerprint density at radius 1 is 1.21 bits per heavy atom. The van der Waals surface area contributed by atoms with Gasteiger partial charge in [0.25, 0.3) is 5.91 Å². The van der Waals surface area contributed by atoms with Crippen LogP contribution in [0, 0.1) is 6.92 Å². The predicted octanol–water partition coefficient (Wildman–Crippen LogP) is 5.37. The number of furan rings is 1. The number of carbonyl (C=O) groups excluding carboxylic acids is 1. The van der Waals surface area contributed by atoms with Crippen molar-refractivity contribution in [3.63, 3.8) is 0 Å². The first-order chi connectivity index (χ1) is 14.1. The smallest absolute Gasteiger partial charge is 0.254 e. The number of benzene rings is 2. The molecule has 6 heteroatoms. The second-order valence-electron chi connectivity index (χ2n) is 6.79. The van der Waals surface area contributed by atoms with Crippen molar-refractivity contribution >= 4 is 28.4 Å². The lowest BCUT2D eigenvalue weighted by Crippen LogP contribution is -2.25. The van der Waals surface area contributed by atoms with Crippen LogP contribution < -0.4 is 10.1 Å². The summed E-state index contributed by atoms with van der Waals surface area (Å²) >= 11 is 6.24. The number of nitrogens with one attached hydrogen (secondary N) is 2. The highest BCUT2D eigenvalue weighted by atomic mass is 35.5. The van der Waals surface area contributed by atoms with Crippen molar-refractivity contribution in [3.05, 3.63) is 76.6 Å². The number of rotatable bonds is 6. The number of hydrogen-bond acceptors (Lipinski definition) is 3. The Morgan fingerprint density at radius 2 is 2.03 bits per heavy atom. The second kappa shape index (κ2) is 8.05. The molecule has 0 spiro atoms. The quantitative estimate of drug-likeness (QED) is 0.450. The third kappa shape index (κ3) is 3.87. The Morgan fingerprint density at radius 3 is 2.83 bits per heavy atom. The number of aromatic amines is 1. The fraction of sp³-hybridized carbons (Fsp3) is 0.174. The molecule has 5 nitrogen and oxygen atoms in total. The van der Waals surface area contributed by atoms with Crippen molar-refractivity contribution in [2.45, 2.75) is 13.3 Å². The third-order valence-electron chi connectivity index (χ3n) is 4.96. The Bertz CT molecular complexity index is 1180. The fourth-order valence-electron chi connectivity index (χ4n) is 3.41. The van der Waals surface area contributed by atoms with Gasteiger partial charge in [-0.2, -0.15) is 0 Å². The van der Waals surface area contributed by atoms with Gasteiger partial charge in [-0.3, -0.25) is 4.79 Å². The first-order valence-electron chi connectivity index (χ1n) is 9.34. The summed E-state index contributed by atoms with van der Waals surface area (Å²) in [7, 11) is 1.65. The first-order valence-corrected chi connectivity index (χ1v) is 9.72. The summed E-state index contributed by atoms with van der Waals surface area (Å²) in [4.78, 5) is 15.9. The Labute approximate surface area is 173 Å². The SMILES string of the molecule is COc1ccc2c(CCNC(=O)c3cc(-c4ccccc4Cl)oc3C)c[nH]c2c1. The highest BCUT2D eigenvalue weighted by Gasteiger charge is 2.17. The number of aryl methyl sites for hydroxylation is 1. The summed E-state index contributed by atoms with van der Waals surface area (Å²) in [6.45, 7) is 2.30.